The first-order valence-corrected chi connectivity index (χ1v) is 7.49. The fourth-order valence-electron chi connectivity index (χ4n) is 2.80. The summed E-state index contributed by atoms with van der Waals surface area (Å²) < 4.78 is 11.6. The van der Waals surface area contributed by atoms with Crippen molar-refractivity contribution in [3.8, 4) is 17.1 Å². The second kappa shape index (κ2) is 5.70. The van der Waals surface area contributed by atoms with Crippen LogP contribution in [-0.2, 0) is 4.74 Å². The van der Waals surface area contributed by atoms with Gasteiger partial charge in [-0.25, -0.2) is 9.31 Å². The largest absolute Gasteiger partial charge is 0.514 e. The average molecular weight is 318 g/mol. The van der Waals surface area contributed by atoms with E-state index in [0.29, 0.717) is 0 Å². The molecule has 0 aliphatic heterocycles. The van der Waals surface area contributed by atoms with Gasteiger partial charge in [-0.05, 0) is 18.2 Å². The number of hydrogen-bond donors (Lipinski definition) is 0. The normalized spacial score (nSPS) is 10.9. The van der Waals surface area contributed by atoms with Gasteiger partial charge in [0.1, 0.15) is 0 Å². The van der Waals surface area contributed by atoms with Gasteiger partial charge in [-0.3, -0.25) is 0 Å². The summed E-state index contributed by atoms with van der Waals surface area (Å²) >= 11 is 0. The number of carbonyl (C=O) groups excluding carboxylic acids is 1. The Bertz CT molecular complexity index is 1040. The molecule has 0 radical (unpaired) electrons. The monoisotopic (exact) mass is 318 g/mol. The standard InChI is InChI=1S/C19H14N2O3/c1-23-19(22)24-18-15-10-6-5-9-14(15)17-12-11-16(21(17)20-18)13-7-3-2-4-8-13/h2-12H,1H3. The molecule has 0 atom stereocenters. The van der Waals surface area contributed by atoms with Gasteiger partial charge in [0.2, 0.25) is 0 Å². The summed E-state index contributed by atoms with van der Waals surface area (Å²) in [5.41, 5.74) is 2.90. The average Bonchev–Trinajstić information content (AvgIpc) is 3.06. The summed E-state index contributed by atoms with van der Waals surface area (Å²) in [7, 11) is 1.27. The van der Waals surface area contributed by atoms with Crippen molar-refractivity contribution < 1.29 is 14.3 Å². The SMILES string of the molecule is COC(=O)Oc1nn2c(-c3ccccc3)ccc2c2ccccc12. The van der Waals surface area contributed by atoms with E-state index in [1.807, 2.05) is 66.7 Å². The van der Waals surface area contributed by atoms with Crippen molar-refractivity contribution in [2.75, 3.05) is 7.11 Å². The second-order valence-corrected chi connectivity index (χ2v) is 5.29. The summed E-state index contributed by atoms with van der Waals surface area (Å²) in [4.78, 5) is 11.6. The molecule has 0 aliphatic rings. The molecule has 24 heavy (non-hydrogen) atoms. The van der Waals surface area contributed by atoms with E-state index in [9.17, 15) is 4.79 Å². The van der Waals surface area contributed by atoms with Crippen LogP contribution in [0.4, 0.5) is 4.79 Å². The highest BCUT2D eigenvalue weighted by Gasteiger charge is 2.15. The van der Waals surface area contributed by atoms with Crippen LogP contribution in [-0.4, -0.2) is 22.9 Å². The van der Waals surface area contributed by atoms with Crippen LogP contribution in [0.3, 0.4) is 0 Å². The molecule has 0 saturated carbocycles. The molecule has 0 spiro atoms. The van der Waals surface area contributed by atoms with Gasteiger partial charge in [-0.15, -0.1) is 5.10 Å². The number of carbonyl (C=O) groups is 1. The molecule has 5 heteroatoms. The summed E-state index contributed by atoms with van der Waals surface area (Å²) in [6.45, 7) is 0. The lowest BCUT2D eigenvalue weighted by atomic mass is 10.1. The molecule has 0 amide bonds. The minimum atomic E-state index is -0.791. The molecule has 0 saturated heterocycles. The van der Waals surface area contributed by atoms with Crippen molar-refractivity contribution >= 4 is 22.4 Å². The maximum Gasteiger partial charge on any atom is 0.514 e. The Labute approximate surface area is 138 Å². The summed E-state index contributed by atoms with van der Waals surface area (Å²) in [6.07, 6.45) is -0.791. The third-order valence-electron chi connectivity index (χ3n) is 3.90. The minimum Gasteiger partial charge on any atom is -0.437 e. The van der Waals surface area contributed by atoms with E-state index >= 15 is 0 Å². The topological polar surface area (TPSA) is 52.8 Å². The van der Waals surface area contributed by atoms with E-state index in [0.717, 1.165) is 27.5 Å². The molecular formula is C19H14N2O3. The molecule has 0 unspecified atom stereocenters. The summed E-state index contributed by atoms with van der Waals surface area (Å²) in [6, 6.07) is 21.6. The van der Waals surface area contributed by atoms with Gasteiger partial charge in [-0.1, -0.05) is 48.5 Å². The first kappa shape index (κ1) is 14.3. The highest BCUT2D eigenvalue weighted by molar-refractivity contribution is 6.00. The van der Waals surface area contributed by atoms with Gasteiger partial charge in [0.05, 0.1) is 18.3 Å². The van der Waals surface area contributed by atoms with E-state index in [4.69, 9.17) is 4.74 Å². The van der Waals surface area contributed by atoms with Crippen LogP contribution in [0.15, 0.2) is 66.7 Å². The van der Waals surface area contributed by atoms with Gasteiger partial charge >= 0.3 is 6.16 Å². The van der Waals surface area contributed by atoms with Gasteiger partial charge in [0.15, 0.2) is 0 Å². The van der Waals surface area contributed by atoms with Crippen LogP contribution in [0.25, 0.3) is 27.5 Å². The molecular weight excluding hydrogens is 304 g/mol. The highest BCUT2D eigenvalue weighted by Crippen LogP contribution is 2.31. The Hall–Kier alpha value is -3.34. The van der Waals surface area contributed by atoms with Crippen LogP contribution in [0.5, 0.6) is 5.88 Å². The Balaban J connectivity index is 2.01. The lowest BCUT2D eigenvalue weighted by Crippen LogP contribution is -2.10. The van der Waals surface area contributed by atoms with Gasteiger partial charge < -0.3 is 9.47 Å². The lowest BCUT2D eigenvalue weighted by molar-refractivity contribution is 0.120. The summed E-state index contributed by atoms with van der Waals surface area (Å²) in [5.74, 6) is 0.221. The molecule has 2 aromatic heterocycles. The Morgan fingerprint density at radius 3 is 2.38 bits per heavy atom. The van der Waals surface area contributed by atoms with Crippen molar-refractivity contribution in [2.24, 2.45) is 0 Å². The number of nitrogens with zero attached hydrogens (tertiary/aromatic N) is 2. The van der Waals surface area contributed by atoms with Crippen molar-refractivity contribution in [1.29, 1.82) is 0 Å². The van der Waals surface area contributed by atoms with Crippen LogP contribution >= 0.6 is 0 Å². The zero-order valence-electron chi connectivity index (χ0n) is 13.0. The van der Waals surface area contributed by atoms with Gasteiger partial charge in [0, 0.05) is 16.3 Å². The fourth-order valence-corrected chi connectivity index (χ4v) is 2.80. The quantitative estimate of drug-likeness (QED) is 0.517. The van der Waals surface area contributed by atoms with E-state index in [1.54, 1.807) is 4.52 Å². The molecule has 0 N–H and O–H groups in total. The molecule has 118 valence electrons. The number of fused-ring (bicyclic) bond motifs is 3. The van der Waals surface area contributed by atoms with Gasteiger partial charge in [0.25, 0.3) is 5.88 Å². The second-order valence-electron chi connectivity index (χ2n) is 5.29. The predicted octanol–water partition coefficient (Wildman–Crippen LogP) is 4.30. The third kappa shape index (κ3) is 2.27. The Morgan fingerprint density at radius 2 is 1.62 bits per heavy atom. The number of ether oxygens (including phenoxy) is 2. The number of hydrogen-bond acceptors (Lipinski definition) is 4. The molecule has 0 aliphatic carbocycles. The highest BCUT2D eigenvalue weighted by atomic mass is 16.7. The van der Waals surface area contributed by atoms with Gasteiger partial charge in [-0.2, -0.15) is 0 Å². The Kier molecular flexibility index (Phi) is 3.39. The molecule has 2 heterocycles. The van der Waals surface area contributed by atoms with Crippen LogP contribution < -0.4 is 4.74 Å². The van der Waals surface area contributed by atoms with E-state index in [2.05, 4.69) is 9.84 Å². The van der Waals surface area contributed by atoms with E-state index in [1.165, 1.54) is 7.11 Å². The fraction of sp³-hybridized carbons (Fsp3) is 0.0526. The minimum absolute atomic E-state index is 0.221. The Morgan fingerprint density at radius 1 is 0.917 bits per heavy atom. The van der Waals surface area contributed by atoms with Crippen LogP contribution in [0.2, 0.25) is 0 Å². The molecule has 0 fully saturated rings. The van der Waals surface area contributed by atoms with E-state index < -0.39 is 6.16 Å². The first-order chi connectivity index (χ1) is 11.8. The zero-order chi connectivity index (χ0) is 16.5. The molecule has 4 rings (SSSR count). The number of methoxy groups -OCH3 is 1. The maximum atomic E-state index is 11.6. The molecule has 5 nitrogen and oxygen atoms in total. The number of benzene rings is 2. The first-order valence-electron chi connectivity index (χ1n) is 7.49. The van der Waals surface area contributed by atoms with Crippen molar-refractivity contribution in [3.63, 3.8) is 0 Å². The summed E-state index contributed by atoms with van der Waals surface area (Å²) in [5, 5.41) is 6.23. The lowest BCUT2D eigenvalue weighted by Gasteiger charge is -2.09. The van der Waals surface area contributed by atoms with Crippen molar-refractivity contribution in [1.82, 2.24) is 9.61 Å². The molecule has 2 aromatic carbocycles. The van der Waals surface area contributed by atoms with Crippen molar-refractivity contribution in [3.05, 3.63) is 66.7 Å². The van der Waals surface area contributed by atoms with Crippen molar-refractivity contribution in [2.45, 2.75) is 0 Å². The number of aromatic nitrogens is 2. The van der Waals surface area contributed by atoms with E-state index in [-0.39, 0.29) is 5.88 Å². The number of rotatable bonds is 2. The smallest absolute Gasteiger partial charge is 0.437 e. The third-order valence-corrected chi connectivity index (χ3v) is 3.90. The molecule has 4 aromatic rings. The molecule has 0 bridgehead atoms. The zero-order valence-corrected chi connectivity index (χ0v) is 13.0. The van der Waals surface area contributed by atoms with Crippen LogP contribution in [0, 0.1) is 0 Å². The maximum absolute atomic E-state index is 11.6. The van der Waals surface area contributed by atoms with Crippen LogP contribution in [0.1, 0.15) is 0 Å². The predicted molar refractivity (Wildman–Crippen MR) is 91.2 cm³/mol.